The van der Waals surface area contributed by atoms with Crippen LogP contribution in [0.1, 0.15) is 13.8 Å². The highest BCUT2D eigenvalue weighted by Gasteiger charge is 2.12. The van der Waals surface area contributed by atoms with Crippen molar-refractivity contribution in [2.45, 2.75) is 19.4 Å². The van der Waals surface area contributed by atoms with Crippen LogP contribution in [0.4, 0.5) is 10.2 Å². The first kappa shape index (κ1) is 11.2. The number of hydrogen-bond acceptors (Lipinski definition) is 3. The number of halogens is 2. The number of nitrogens with one attached hydrogen (secondary N) is 1. The maximum absolute atomic E-state index is 13.2. The van der Waals surface area contributed by atoms with Crippen LogP contribution in [-0.2, 0) is 0 Å². The topological polar surface area (TPSA) is 50.9 Å². The van der Waals surface area contributed by atoms with Crippen molar-refractivity contribution in [1.82, 2.24) is 4.98 Å². The summed E-state index contributed by atoms with van der Waals surface area (Å²) in [5.41, 5.74) is 5.32. The van der Waals surface area contributed by atoms with Gasteiger partial charge in [0.05, 0.1) is 5.02 Å². The third kappa shape index (κ3) is 3.47. The van der Waals surface area contributed by atoms with Gasteiger partial charge in [-0.15, -0.1) is 0 Å². The molecule has 3 N–H and O–H groups in total. The molecule has 0 amide bonds. The Morgan fingerprint density at radius 3 is 2.79 bits per heavy atom. The van der Waals surface area contributed by atoms with Crippen LogP contribution in [0.25, 0.3) is 0 Å². The summed E-state index contributed by atoms with van der Waals surface area (Å²) in [5, 5.41) is 3.09. The Kier molecular flexibility index (Phi) is 3.29. The quantitative estimate of drug-likeness (QED) is 0.815. The van der Waals surface area contributed by atoms with Gasteiger partial charge in [0.2, 0.25) is 0 Å². The lowest BCUT2D eigenvalue weighted by atomic mass is 10.1. The number of hydrogen-bond donors (Lipinski definition) is 2. The predicted molar refractivity (Wildman–Crippen MR) is 56.0 cm³/mol. The van der Waals surface area contributed by atoms with E-state index in [1.165, 1.54) is 12.3 Å². The van der Waals surface area contributed by atoms with Crippen molar-refractivity contribution in [3.05, 3.63) is 23.1 Å². The van der Waals surface area contributed by atoms with E-state index >= 15 is 0 Å². The van der Waals surface area contributed by atoms with Gasteiger partial charge in [-0.3, -0.25) is 0 Å². The fraction of sp³-hybridized carbons (Fsp3) is 0.444. The molecule has 3 nitrogen and oxygen atoms in total. The maximum Gasteiger partial charge on any atom is 0.166 e. The van der Waals surface area contributed by atoms with Crippen molar-refractivity contribution in [1.29, 1.82) is 0 Å². The number of pyridine rings is 1. The molecule has 0 unspecified atom stereocenters. The first-order valence-corrected chi connectivity index (χ1v) is 4.60. The summed E-state index contributed by atoms with van der Waals surface area (Å²) in [5.74, 6) is -0.297. The molecule has 0 radical (unpaired) electrons. The van der Waals surface area contributed by atoms with Crippen LogP contribution >= 0.6 is 11.6 Å². The van der Waals surface area contributed by atoms with Crippen molar-refractivity contribution < 1.29 is 4.39 Å². The van der Waals surface area contributed by atoms with Gasteiger partial charge in [0, 0.05) is 18.3 Å². The Bertz CT molecular complexity index is 322. The predicted octanol–water partition coefficient (Wildman–Crippen LogP) is 2.02. The zero-order valence-corrected chi connectivity index (χ0v) is 8.90. The average Bonchev–Trinajstić information content (AvgIpc) is 2.00. The Morgan fingerprint density at radius 2 is 2.29 bits per heavy atom. The lowest BCUT2D eigenvalue weighted by Gasteiger charge is -2.19. The minimum Gasteiger partial charge on any atom is -0.366 e. The molecule has 14 heavy (non-hydrogen) atoms. The van der Waals surface area contributed by atoms with Crippen LogP contribution in [0.3, 0.4) is 0 Å². The first-order chi connectivity index (χ1) is 6.38. The number of nitrogens with zero attached hydrogens (tertiary/aromatic N) is 1. The van der Waals surface area contributed by atoms with E-state index in [-0.39, 0.29) is 10.8 Å². The minimum absolute atomic E-state index is 0.174. The minimum atomic E-state index is -0.471. The molecule has 1 aromatic rings. The zero-order chi connectivity index (χ0) is 10.8. The molecule has 0 aliphatic rings. The zero-order valence-electron chi connectivity index (χ0n) is 8.14. The summed E-state index contributed by atoms with van der Waals surface area (Å²) in [4.78, 5) is 3.81. The molecule has 78 valence electrons. The molecule has 0 fully saturated rings. The standard InChI is InChI=1S/C9H13ClFN3/c1-9(2,12)5-14-8-7(11)3-6(10)4-13-8/h3-4H,5,12H2,1-2H3,(H,13,14). The van der Waals surface area contributed by atoms with Crippen molar-refractivity contribution in [3.63, 3.8) is 0 Å². The molecular weight excluding hydrogens is 205 g/mol. The average molecular weight is 218 g/mol. The van der Waals surface area contributed by atoms with Gasteiger partial charge in [-0.2, -0.15) is 0 Å². The Morgan fingerprint density at radius 1 is 1.64 bits per heavy atom. The Hall–Kier alpha value is -0.870. The van der Waals surface area contributed by atoms with E-state index in [0.717, 1.165) is 0 Å². The second-order valence-corrected chi connectivity index (χ2v) is 4.26. The van der Waals surface area contributed by atoms with Crippen LogP contribution < -0.4 is 11.1 Å². The Labute approximate surface area is 87.5 Å². The second-order valence-electron chi connectivity index (χ2n) is 3.83. The number of aromatic nitrogens is 1. The largest absolute Gasteiger partial charge is 0.366 e. The summed E-state index contributed by atoms with van der Waals surface area (Å²) >= 11 is 5.55. The molecule has 0 saturated carbocycles. The summed E-state index contributed by atoms with van der Waals surface area (Å²) in [6.45, 7) is 4.13. The summed E-state index contributed by atoms with van der Waals surface area (Å²) < 4.78 is 13.2. The molecule has 5 heteroatoms. The molecular formula is C9H13ClFN3. The van der Waals surface area contributed by atoms with Gasteiger partial charge < -0.3 is 11.1 Å². The van der Waals surface area contributed by atoms with Gasteiger partial charge in [0.15, 0.2) is 11.6 Å². The molecule has 0 bridgehead atoms. The third-order valence-electron chi connectivity index (χ3n) is 1.52. The van der Waals surface area contributed by atoms with Crippen LogP contribution in [-0.4, -0.2) is 17.1 Å². The first-order valence-electron chi connectivity index (χ1n) is 4.22. The highest BCUT2D eigenvalue weighted by atomic mass is 35.5. The monoisotopic (exact) mass is 217 g/mol. The van der Waals surface area contributed by atoms with Crippen molar-refractivity contribution >= 4 is 17.4 Å². The SMILES string of the molecule is CC(C)(N)CNc1ncc(Cl)cc1F. The Balaban J connectivity index is 2.68. The smallest absolute Gasteiger partial charge is 0.166 e. The number of rotatable bonds is 3. The maximum atomic E-state index is 13.2. The molecule has 1 rings (SSSR count). The second kappa shape index (κ2) is 4.11. The van der Waals surface area contributed by atoms with Gasteiger partial charge in [-0.05, 0) is 19.9 Å². The normalized spacial score (nSPS) is 11.5. The highest BCUT2D eigenvalue weighted by molar-refractivity contribution is 6.30. The molecule has 0 spiro atoms. The van der Waals surface area contributed by atoms with Crippen LogP contribution in [0.5, 0.6) is 0 Å². The van der Waals surface area contributed by atoms with Gasteiger partial charge in [0.25, 0.3) is 0 Å². The molecule has 0 saturated heterocycles. The van der Waals surface area contributed by atoms with Crippen LogP contribution in [0.2, 0.25) is 5.02 Å². The van der Waals surface area contributed by atoms with E-state index in [1.54, 1.807) is 0 Å². The molecule has 1 aromatic heterocycles. The summed E-state index contributed by atoms with van der Waals surface area (Å²) in [6, 6.07) is 1.21. The van der Waals surface area contributed by atoms with Crippen molar-refractivity contribution in [3.8, 4) is 0 Å². The molecule has 0 atom stereocenters. The van der Waals surface area contributed by atoms with Crippen LogP contribution in [0.15, 0.2) is 12.3 Å². The van der Waals surface area contributed by atoms with Gasteiger partial charge in [-0.25, -0.2) is 9.37 Å². The van der Waals surface area contributed by atoms with Crippen molar-refractivity contribution in [2.75, 3.05) is 11.9 Å². The highest BCUT2D eigenvalue weighted by Crippen LogP contribution is 2.15. The fourth-order valence-electron chi connectivity index (χ4n) is 0.856. The van der Waals surface area contributed by atoms with E-state index in [0.29, 0.717) is 6.54 Å². The van der Waals surface area contributed by atoms with E-state index in [2.05, 4.69) is 10.3 Å². The van der Waals surface area contributed by atoms with Gasteiger partial charge in [-0.1, -0.05) is 11.6 Å². The number of anilines is 1. The summed E-state index contributed by atoms with van der Waals surface area (Å²) in [7, 11) is 0. The lowest BCUT2D eigenvalue weighted by molar-refractivity contribution is 0.544. The molecule has 0 aromatic carbocycles. The molecule has 0 aliphatic carbocycles. The van der Waals surface area contributed by atoms with Crippen molar-refractivity contribution in [2.24, 2.45) is 5.73 Å². The molecule has 0 aliphatic heterocycles. The summed E-state index contributed by atoms with van der Waals surface area (Å²) in [6.07, 6.45) is 1.39. The van der Waals surface area contributed by atoms with E-state index in [4.69, 9.17) is 17.3 Å². The molecule has 1 heterocycles. The van der Waals surface area contributed by atoms with Gasteiger partial charge >= 0.3 is 0 Å². The third-order valence-corrected chi connectivity index (χ3v) is 1.73. The fourth-order valence-corrected chi connectivity index (χ4v) is 1.00. The van der Waals surface area contributed by atoms with Crippen LogP contribution in [0, 0.1) is 5.82 Å². The lowest BCUT2D eigenvalue weighted by Crippen LogP contribution is -2.39. The number of nitrogens with two attached hydrogens (primary N) is 1. The van der Waals surface area contributed by atoms with Gasteiger partial charge in [0.1, 0.15) is 0 Å². The van der Waals surface area contributed by atoms with E-state index in [9.17, 15) is 4.39 Å². The van der Waals surface area contributed by atoms with E-state index < -0.39 is 11.4 Å². The van der Waals surface area contributed by atoms with E-state index in [1.807, 2.05) is 13.8 Å².